The van der Waals surface area contributed by atoms with E-state index in [2.05, 4.69) is 15.0 Å². The molecule has 5 nitrogen and oxygen atoms in total. The molecule has 5 heteroatoms. The second-order valence-corrected chi connectivity index (χ2v) is 4.41. The Bertz CT molecular complexity index is 801. The minimum atomic E-state index is -0.321. The summed E-state index contributed by atoms with van der Waals surface area (Å²) in [4.78, 5) is 15.6. The van der Waals surface area contributed by atoms with E-state index in [0.717, 1.165) is 5.56 Å². The first-order chi connectivity index (χ1) is 10.3. The molecule has 21 heavy (non-hydrogen) atoms. The van der Waals surface area contributed by atoms with Crippen molar-refractivity contribution in [1.29, 1.82) is 0 Å². The molecule has 0 saturated carbocycles. The number of ketones is 1. The summed E-state index contributed by atoms with van der Waals surface area (Å²) >= 11 is 0. The highest BCUT2D eigenvalue weighted by Gasteiger charge is 2.36. The van der Waals surface area contributed by atoms with Crippen molar-refractivity contribution < 1.29 is 9.58 Å². The number of rotatable bonds is 3. The van der Waals surface area contributed by atoms with Crippen molar-refractivity contribution in [3.8, 4) is 0 Å². The number of Topliss-reactive ketones (excluding diaryl/α,β-unsaturated/α-hetero) is 1. The lowest BCUT2D eigenvalue weighted by Crippen LogP contribution is -2.28. The third kappa shape index (κ3) is 2.33. The zero-order chi connectivity index (χ0) is 14.7. The van der Waals surface area contributed by atoms with E-state index in [-0.39, 0.29) is 17.2 Å². The van der Waals surface area contributed by atoms with E-state index in [0.29, 0.717) is 11.3 Å². The molecule has 100 valence electrons. The maximum atomic E-state index is 12.4. The highest BCUT2D eigenvalue weighted by atomic mass is 16.1. The topological polar surface area (TPSA) is 78.2 Å². The molecule has 0 radical (unpaired) electrons. The Morgan fingerprint density at radius 2 is 1.52 bits per heavy atom. The second kappa shape index (κ2) is 5.45. The Morgan fingerprint density at radius 1 is 0.905 bits per heavy atom. The van der Waals surface area contributed by atoms with Crippen LogP contribution < -0.4 is 0 Å². The fourth-order valence-corrected chi connectivity index (χ4v) is 2.07. The van der Waals surface area contributed by atoms with Gasteiger partial charge in [-0.05, 0) is 0 Å². The molecule has 0 N–H and O–H groups in total. The number of benzene rings is 2. The van der Waals surface area contributed by atoms with Crippen molar-refractivity contribution in [2.45, 2.75) is 0 Å². The summed E-state index contributed by atoms with van der Waals surface area (Å²) in [7, 11) is 0. The molecule has 0 aliphatic carbocycles. The average Bonchev–Trinajstić information content (AvgIpc) is 2.99. The number of carbonyl (C=O) groups is 1. The number of carbonyl (C=O) groups excluding carboxylic acids is 1. The van der Waals surface area contributed by atoms with E-state index in [1.807, 2.05) is 36.4 Å². The maximum absolute atomic E-state index is 12.4. The van der Waals surface area contributed by atoms with Crippen LogP contribution >= 0.6 is 0 Å². The Kier molecular flexibility index (Phi) is 3.33. The predicted octanol–water partition coefficient (Wildman–Crippen LogP) is 2.40. The van der Waals surface area contributed by atoms with E-state index in [1.165, 1.54) is 0 Å². The molecule has 0 bridgehead atoms. The van der Waals surface area contributed by atoms with E-state index in [9.17, 15) is 10.3 Å². The van der Waals surface area contributed by atoms with Crippen molar-refractivity contribution in [3.05, 3.63) is 77.3 Å². The smallest absolute Gasteiger partial charge is 0.361 e. The van der Waals surface area contributed by atoms with Gasteiger partial charge in [0.1, 0.15) is 0 Å². The van der Waals surface area contributed by atoms with Crippen molar-refractivity contribution in [1.82, 2.24) is 0 Å². The van der Waals surface area contributed by atoms with Crippen molar-refractivity contribution in [2.24, 2.45) is 10.2 Å². The molecular formula is C16H10N4O. The van der Waals surface area contributed by atoms with Crippen LogP contribution in [0.25, 0.3) is 5.53 Å². The van der Waals surface area contributed by atoms with Gasteiger partial charge >= 0.3 is 5.71 Å². The summed E-state index contributed by atoms with van der Waals surface area (Å²) in [6.45, 7) is 0. The Hall–Kier alpha value is -3.17. The first-order valence-electron chi connectivity index (χ1n) is 6.35. The van der Waals surface area contributed by atoms with Crippen LogP contribution in [-0.2, 0) is 0 Å². The van der Waals surface area contributed by atoms with Gasteiger partial charge in [-0.25, -0.2) is 0 Å². The Morgan fingerprint density at radius 3 is 2.14 bits per heavy atom. The zero-order valence-electron chi connectivity index (χ0n) is 11.0. The normalized spacial score (nSPS) is 13.4. The monoisotopic (exact) mass is 274 g/mol. The van der Waals surface area contributed by atoms with Crippen LogP contribution in [0.2, 0.25) is 0 Å². The first-order valence-corrected chi connectivity index (χ1v) is 6.35. The lowest BCUT2D eigenvalue weighted by Gasteiger charge is -1.98. The van der Waals surface area contributed by atoms with Crippen LogP contribution in [0.4, 0.5) is 0 Å². The third-order valence-corrected chi connectivity index (χ3v) is 3.10. The average molecular weight is 274 g/mol. The molecule has 3 rings (SSSR count). The van der Waals surface area contributed by atoms with Crippen LogP contribution in [0.15, 0.2) is 70.9 Å². The van der Waals surface area contributed by atoms with E-state index >= 15 is 0 Å². The van der Waals surface area contributed by atoms with Crippen LogP contribution in [0.1, 0.15) is 15.9 Å². The molecule has 1 aliphatic rings. The minimum Gasteiger partial charge on any atom is -0.361 e. The fraction of sp³-hybridized carbons (Fsp3) is 0. The number of hydrogen-bond donors (Lipinski definition) is 0. The van der Waals surface area contributed by atoms with Gasteiger partial charge in [-0.3, -0.25) is 4.79 Å². The molecule has 0 spiro atoms. The maximum Gasteiger partial charge on any atom is 0.374 e. The zero-order valence-corrected chi connectivity index (χ0v) is 11.0. The molecule has 0 unspecified atom stereocenters. The van der Waals surface area contributed by atoms with Gasteiger partial charge in [0.05, 0.1) is 0 Å². The first kappa shape index (κ1) is 12.8. The lowest BCUT2D eigenvalue weighted by atomic mass is 9.98. The summed E-state index contributed by atoms with van der Waals surface area (Å²) in [5.74, 6) is -0.321. The van der Waals surface area contributed by atoms with Gasteiger partial charge in [-0.15, -0.1) is 10.2 Å². The van der Waals surface area contributed by atoms with Gasteiger partial charge in [0, 0.05) is 11.1 Å². The molecular weight excluding hydrogens is 264 g/mol. The number of nitrogens with zero attached hydrogens (tertiary/aromatic N) is 4. The Balaban J connectivity index is 1.95. The van der Waals surface area contributed by atoms with Crippen molar-refractivity contribution in [3.63, 3.8) is 0 Å². The largest absolute Gasteiger partial charge is 0.374 e. The molecule has 2 aromatic rings. The number of hydrogen-bond acceptors (Lipinski definition) is 3. The van der Waals surface area contributed by atoms with Crippen LogP contribution in [0, 0.1) is 0 Å². The summed E-state index contributed by atoms with van der Waals surface area (Å²) in [5.41, 5.74) is 11.0. The molecule has 2 aromatic carbocycles. The molecule has 0 fully saturated rings. The van der Waals surface area contributed by atoms with Crippen molar-refractivity contribution in [2.75, 3.05) is 0 Å². The standard InChI is InChI=1S/C16H10N4O/c17-18-14-13(11-7-3-1-4-8-11)19-20-15(14)16(21)12-9-5-2-6-10-12/h1-10H. The van der Waals surface area contributed by atoms with Crippen LogP contribution in [0.5, 0.6) is 0 Å². The van der Waals surface area contributed by atoms with Gasteiger partial charge in [0.25, 0.3) is 0 Å². The quantitative estimate of drug-likeness (QED) is 0.481. The van der Waals surface area contributed by atoms with Gasteiger partial charge < -0.3 is 5.53 Å². The highest BCUT2D eigenvalue weighted by molar-refractivity contribution is 6.85. The fourth-order valence-electron chi connectivity index (χ4n) is 2.07. The Labute approximate surface area is 120 Å². The van der Waals surface area contributed by atoms with Gasteiger partial charge in [0.2, 0.25) is 11.5 Å². The van der Waals surface area contributed by atoms with Crippen LogP contribution in [0.3, 0.4) is 0 Å². The van der Waals surface area contributed by atoms with E-state index < -0.39 is 0 Å². The minimum absolute atomic E-state index is 0.0440. The SMILES string of the molecule is [N-]=[N+]=C1C(C(=O)c2ccccc2)=NN=C1c1ccccc1. The van der Waals surface area contributed by atoms with Gasteiger partial charge in [0.15, 0.2) is 5.71 Å². The predicted molar refractivity (Wildman–Crippen MR) is 79.8 cm³/mol. The molecule has 0 amide bonds. The van der Waals surface area contributed by atoms with E-state index in [1.54, 1.807) is 24.3 Å². The molecule has 0 aromatic heterocycles. The molecule has 0 saturated heterocycles. The third-order valence-electron chi connectivity index (χ3n) is 3.10. The summed E-state index contributed by atoms with van der Waals surface area (Å²) < 4.78 is 0. The summed E-state index contributed by atoms with van der Waals surface area (Å²) in [6.07, 6.45) is 0. The summed E-state index contributed by atoms with van der Waals surface area (Å²) in [5, 5.41) is 7.87. The molecule has 1 heterocycles. The second-order valence-electron chi connectivity index (χ2n) is 4.41. The van der Waals surface area contributed by atoms with Crippen molar-refractivity contribution >= 4 is 22.9 Å². The van der Waals surface area contributed by atoms with Crippen LogP contribution in [-0.4, -0.2) is 27.7 Å². The molecule has 0 atom stereocenters. The lowest BCUT2D eigenvalue weighted by molar-refractivity contribution is 0.00199. The van der Waals surface area contributed by atoms with E-state index in [4.69, 9.17) is 0 Å². The highest BCUT2D eigenvalue weighted by Crippen LogP contribution is 2.12. The van der Waals surface area contributed by atoms with Gasteiger partial charge in [-0.1, -0.05) is 60.7 Å². The summed E-state index contributed by atoms with van der Waals surface area (Å²) in [6, 6.07) is 17.9. The molecule has 1 aliphatic heterocycles. The van der Waals surface area contributed by atoms with Gasteiger partial charge in [-0.2, -0.15) is 4.79 Å².